The van der Waals surface area contributed by atoms with Crippen LogP contribution in [-0.4, -0.2) is 24.5 Å². The van der Waals surface area contributed by atoms with Gasteiger partial charge < -0.3 is 15.4 Å². The highest BCUT2D eigenvalue weighted by Crippen LogP contribution is 2.38. The molecule has 0 unspecified atom stereocenters. The number of rotatable bonds is 4. The van der Waals surface area contributed by atoms with E-state index in [4.69, 9.17) is 4.74 Å². The number of anilines is 2. The zero-order valence-corrected chi connectivity index (χ0v) is 12.1. The van der Waals surface area contributed by atoms with Crippen molar-refractivity contribution in [3.63, 3.8) is 0 Å². The normalized spacial score (nSPS) is 27.2. The maximum absolute atomic E-state index is 11.9. The highest BCUT2D eigenvalue weighted by molar-refractivity contribution is 5.96. The quantitative estimate of drug-likeness (QED) is 0.894. The van der Waals surface area contributed by atoms with Crippen molar-refractivity contribution in [1.82, 2.24) is 0 Å². The van der Waals surface area contributed by atoms with E-state index in [-0.39, 0.29) is 23.8 Å². The molecule has 0 aromatic heterocycles. The van der Waals surface area contributed by atoms with Crippen LogP contribution in [0.2, 0.25) is 0 Å². The first kappa shape index (κ1) is 14.1. The van der Waals surface area contributed by atoms with Crippen molar-refractivity contribution < 1.29 is 14.3 Å². The van der Waals surface area contributed by atoms with Crippen LogP contribution in [0.4, 0.5) is 11.4 Å². The molecule has 1 saturated carbocycles. The third-order valence-electron chi connectivity index (χ3n) is 4.09. The van der Waals surface area contributed by atoms with Gasteiger partial charge in [0.15, 0.2) is 0 Å². The summed E-state index contributed by atoms with van der Waals surface area (Å²) in [6.45, 7) is 2.73. The molecule has 1 aromatic carbocycles. The summed E-state index contributed by atoms with van der Waals surface area (Å²) in [5.41, 5.74) is 1.47. The van der Waals surface area contributed by atoms with Crippen LogP contribution < -0.4 is 10.6 Å². The summed E-state index contributed by atoms with van der Waals surface area (Å²) in [7, 11) is 0. The van der Waals surface area contributed by atoms with Gasteiger partial charge >= 0.3 is 0 Å². The molecule has 0 radical (unpaired) electrons. The van der Waals surface area contributed by atoms with Gasteiger partial charge in [-0.25, -0.2) is 0 Å². The number of hydrogen-bond acceptors (Lipinski definition) is 3. The van der Waals surface area contributed by atoms with Crippen molar-refractivity contribution in [3.05, 3.63) is 24.3 Å². The molecule has 0 bridgehead atoms. The molecule has 1 aliphatic heterocycles. The van der Waals surface area contributed by atoms with E-state index in [1.54, 1.807) is 24.3 Å². The molecule has 1 aromatic rings. The topological polar surface area (TPSA) is 67.4 Å². The third kappa shape index (κ3) is 3.42. The molecular weight excluding hydrogens is 268 g/mol. The van der Waals surface area contributed by atoms with Gasteiger partial charge in [0.05, 0.1) is 0 Å². The molecule has 2 amide bonds. The van der Waals surface area contributed by atoms with Crippen molar-refractivity contribution in [2.24, 2.45) is 11.8 Å². The van der Waals surface area contributed by atoms with Gasteiger partial charge in [0.25, 0.3) is 5.91 Å². The largest absolute Gasteiger partial charge is 0.368 e. The SMILES string of the molecule is C[C@@H]1C[C@@H]1C(=O)Nc1ccc(NC(=O)[C@@H]2CCCO2)cc1. The summed E-state index contributed by atoms with van der Waals surface area (Å²) in [6, 6.07) is 7.18. The van der Waals surface area contributed by atoms with E-state index in [0.717, 1.165) is 24.9 Å². The van der Waals surface area contributed by atoms with Gasteiger partial charge in [-0.3, -0.25) is 9.59 Å². The van der Waals surface area contributed by atoms with Crippen LogP contribution in [0.5, 0.6) is 0 Å². The minimum Gasteiger partial charge on any atom is -0.368 e. The van der Waals surface area contributed by atoms with Crippen LogP contribution in [0.3, 0.4) is 0 Å². The number of amides is 2. The predicted octanol–water partition coefficient (Wildman–Crippen LogP) is 2.40. The smallest absolute Gasteiger partial charge is 0.253 e. The molecular formula is C16H20N2O3. The number of hydrogen-bond donors (Lipinski definition) is 2. The zero-order chi connectivity index (χ0) is 14.8. The lowest BCUT2D eigenvalue weighted by Crippen LogP contribution is -2.26. The van der Waals surface area contributed by atoms with Gasteiger partial charge in [-0.1, -0.05) is 6.92 Å². The summed E-state index contributed by atoms with van der Waals surface area (Å²) >= 11 is 0. The van der Waals surface area contributed by atoms with Gasteiger partial charge in [0.1, 0.15) is 6.10 Å². The standard InChI is InChI=1S/C16H20N2O3/c1-10-9-13(10)15(19)17-11-4-6-12(7-5-11)18-16(20)14-3-2-8-21-14/h4-7,10,13-14H,2-3,8-9H2,1H3,(H,17,19)(H,18,20)/t10-,13+,14+/m1/s1. The molecule has 21 heavy (non-hydrogen) atoms. The summed E-state index contributed by atoms with van der Waals surface area (Å²) < 4.78 is 5.34. The molecule has 112 valence electrons. The Hall–Kier alpha value is -1.88. The van der Waals surface area contributed by atoms with E-state index in [9.17, 15) is 9.59 Å². The second kappa shape index (κ2) is 5.85. The lowest BCUT2D eigenvalue weighted by atomic mass is 10.2. The molecule has 2 aliphatic rings. The number of ether oxygens (including phenoxy) is 1. The number of nitrogens with one attached hydrogen (secondary N) is 2. The van der Waals surface area contributed by atoms with Gasteiger partial charge in [0.2, 0.25) is 5.91 Å². The first-order valence-corrected chi connectivity index (χ1v) is 7.47. The van der Waals surface area contributed by atoms with Crippen LogP contribution in [0.25, 0.3) is 0 Å². The minimum absolute atomic E-state index is 0.0821. The highest BCUT2D eigenvalue weighted by Gasteiger charge is 2.39. The third-order valence-corrected chi connectivity index (χ3v) is 4.09. The van der Waals surface area contributed by atoms with E-state index in [1.165, 1.54) is 0 Å². The van der Waals surface area contributed by atoms with Crippen LogP contribution in [0.15, 0.2) is 24.3 Å². The number of carbonyl (C=O) groups excluding carboxylic acids is 2. The zero-order valence-electron chi connectivity index (χ0n) is 12.1. The fourth-order valence-corrected chi connectivity index (χ4v) is 2.57. The minimum atomic E-state index is -0.333. The molecule has 1 saturated heterocycles. The van der Waals surface area contributed by atoms with Gasteiger partial charge in [0, 0.05) is 23.9 Å². The molecule has 2 N–H and O–H groups in total. The van der Waals surface area contributed by atoms with Crippen molar-refractivity contribution >= 4 is 23.2 Å². The Morgan fingerprint density at radius 3 is 2.14 bits per heavy atom. The van der Waals surface area contributed by atoms with E-state index in [0.29, 0.717) is 18.2 Å². The highest BCUT2D eigenvalue weighted by atomic mass is 16.5. The van der Waals surface area contributed by atoms with Crippen molar-refractivity contribution in [3.8, 4) is 0 Å². The van der Waals surface area contributed by atoms with Gasteiger partial charge in [-0.2, -0.15) is 0 Å². The summed E-state index contributed by atoms with van der Waals surface area (Å²) in [5, 5.41) is 5.72. The van der Waals surface area contributed by atoms with E-state index >= 15 is 0 Å². The first-order chi connectivity index (χ1) is 10.1. The summed E-state index contributed by atoms with van der Waals surface area (Å²) in [4.78, 5) is 23.7. The molecule has 1 aliphatic carbocycles. The van der Waals surface area contributed by atoms with Gasteiger partial charge in [-0.15, -0.1) is 0 Å². The van der Waals surface area contributed by atoms with Crippen molar-refractivity contribution in [2.45, 2.75) is 32.3 Å². The van der Waals surface area contributed by atoms with E-state index < -0.39 is 0 Å². The molecule has 3 rings (SSSR count). The van der Waals surface area contributed by atoms with Crippen LogP contribution in [0.1, 0.15) is 26.2 Å². The Labute approximate surface area is 124 Å². The molecule has 3 atom stereocenters. The second-order valence-corrected chi connectivity index (χ2v) is 5.88. The lowest BCUT2D eigenvalue weighted by molar-refractivity contribution is -0.124. The first-order valence-electron chi connectivity index (χ1n) is 7.47. The Kier molecular flexibility index (Phi) is 3.92. The average Bonchev–Trinajstić information content (AvgIpc) is 2.99. The molecule has 5 nitrogen and oxygen atoms in total. The van der Waals surface area contributed by atoms with Crippen molar-refractivity contribution in [2.75, 3.05) is 17.2 Å². The Morgan fingerprint density at radius 2 is 1.67 bits per heavy atom. The summed E-state index contributed by atoms with van der Waals surface area (Å²) in [6.07, 6.45) is 2.35. The van der Waals surface area contributed by atoms with Crippen molar-refractivity contribution in [1.29, 1.82) is 0 Å². The maximum atomic E-state index is 11.9. The number of carbonyl (C=O) groups is 2. The van der Waals surface area contributed by atoms with Crippen LogP contribution >= 0.6 is 0 Å². The Bertz CT molecular complexity index is 535. The van der Waals surface area contributed by atoms with Crippen LogP contribution in [0, 0.1) is 11.8 Å². The lowest BCUT2D eigenvalue weighted by Gasteiger charge is -2.11. The molecule has 2 fully saturated rings. The maximum Gasteiger partial charge on any atom is 0.253 e. The molecule has 5 heteroatoms. The Morgan fingerprint density at radius 1 is 1.10 bits per heavy atom. The molecule has 1 heterocycles. The monoisotopic (exact) mass is 288 g/mol. The fourth-order valence-electron chi connectivity index (χ4n) is 2.57. The number of benzene rings is 1. The van der Waals surface area contributed by atoms with E-state index in [2.05, 4.69) is 17.6 Å². The molecule has 0 spiro atoms. The second-order valence-electron chi connectivity index (χ2n) is 5.88. The predicted molar refractivity (Wildman–Crippen MR) is 79.9 cm³/mol. The van der Waals surface area contributed by atoms with E-state index in [1.807, 2.05) is 0 Å². The Balaban J connectivity index is 1.53. The van der Waals surface area contributed by atoms with Gasteiger partial charge in [-0.05, 0) is 49.4 Å². The average molecular weight is 288 g/mol. The summed E-state index contributed by atoms with van der Waals surface area (Å²) in [5.74, 6) is 0.633. The van der Waals surface area contributed by atoms with Crippen LogP contribution in [-0.2, 0) is 14.3 Å². The fraction of sp³-hybridized carbons (Fsp3) is 0.500.